The molecule has 0 amide bonds. The number of methoxy groups -OCH3 is 1. The van der Waals surface area contributed by atoms with Gasteiger partial charge >= 0.3 is 5.97 Å². The van der Waals surface area contributed by atoms with Crippen LogP contribution in [-0.4, -0.2) is 49.5 Å². The number of hydrogen-bond acceptors (Lipinski definition) is 5. The van der Waals surface area contributed by atoms with E-state index in [0.29, 0.717) is 4.31 Å². The molecular formula is C9H11ClN2O5S. The SMILES string of the molecule is COc1ncc(S(=O)(=O)N(C)CC(=O)O)cc1Cl. The Morgan fingerprint density at radius 3 is 2.67 bits per heavy atom. The lowest BCUT2D eigenvalue weighted by Crippen LogP contribution is -2.32. The minimum absolute atomic E-state index is 0.0299. The number of sulfonamides is 1. The van der Waals surface area contributed by atoms with Gasteiger partial charge in [-0.1, -0.05) is 11.6 Å². The molecule has 0 aliphatic heterocycles. The topological polar surface area (TPSA) is 96.8 Å². The molecule has 7 nitrogen and oxygen atoms in total. The first-order valence-corrected chi connectivity index (χ1v) is 6.48. The molecule has 0 fully saturated rings. The van der Waals surface area contributed by atoms with Crippen LogP contribution in [0, 0.1) is 0 Å². The predicted octanol–water partition coefficient (Wildman–Crippen LogP) is 0.449. The van der Waals surface area contributed by atoms with Gasteiger partial charge in [-0.3, -0.25) is 4.79 Å². The molecule has 0 spiro atoms. The largest absolute Gasteiger partial charge is 0.480 e. The third-order valence-corrected chi connectivity index (χ3v) is 4.08. The van der Waals surface area contributed by atoms with Gasteiger partial charge in [-0.25, -0.2) is 13.4 Å². The Bertz CT molecular complexity index is 560. The Morgan fingerprint density at radius 2 is 2.22 bits per heavy atom. The van der Waals surface area contributed by atoms with Crippen LogP contribution in [0.25, 0.3) is 0 Å². The first-order valence-electron chi connectivity index (χ1n) is 4.66. The predicted molar refractivity (Wildman–Crippen MR) is 63.3 cm³/mol. The lowest BCUT2D eigenvalue weighted by Gasteiger charge is -2.15. The van der Waals surface area contributed by atoms with E-state index in [4.69, 9.17) is 21.4 Å². The fraction of sp³-hybridized carbons (Fsp3) is 0.333. The third-order valence-electron chi connectivity index (χ3n) is 2.04. The Kier molecular flexibility index (Phi) is 4.49. The van der Waals surface area contributed by atoms with Crippen molar-refractivity contribution in [3.8, 4) is 5.88 Å². The monoisotopic (exact) mass is 294 g/mol. The summed E-state index contributed by atoms with van der Waals surface area (Å²) in [6, 6.07) is 1.15. The van der Waals surface area contributed by atoms with Gasteiger partial charge in [0.1, 0.15) is 16.5 Å². The number of aliphatic carboxylic acids is 1. The Balaban J connectivity index is 3.13. The van der Waals surface area contributed by atoms with Crippen LogP contribution in [0.15, 0.2) is 17.2 Å². The van der Waals surface area contributed by atoms with E-state index in [0.717, 1.165) is 19.3 Å². The van der Waals surface area contributed by atoms with Crippen LogP contribution in [0.5, 0.6) is 5.88 Å². The first kappa shape index (κ1) is 14.7. The van der Waals surface area contributed by atoms with Crippen molar-refractivity contribution in [3.05, 3.63) is 17.3 Å². The van der Waals surface area contributed by atoms with Crippen molar-refractivity contribution in [2.75, 3.05) is 20.7 Å². The molecule has 0 radical (unpaired) electrons. The molecular weight excluding hydrogens is 284 g/mol. The van der Waals surface area contributed by atoms with Gasteiger partial charge in [-0.2, -0.15) is 4.31 Å². The van der Waals surface area contributed by atoms with Crippen LogP contribution < -0.4 is 4.74 Å². The molecule has 1 rings (SSSR count). The van der Waals surface area contributed by atoms with Gasteiger partial charge in [0.2, 0.25) is 15.9 Å². The number of carbonyl (C=O) groups is 1. The van der Waals surface area contributed by atoms with Gasteiger partial charge in [0, 0.05) is 7.05 Å². The number of pyridine rings is 1. The highest BCUT2D eigenvalue weighted by Gasteiger charge is 2.24. The maximum Gasteiger partial charge on any atom is 0.318 e. The molecule has 1 N–H and O–H groups in total. The standard InChI is InChI=1S/C9H11ClN2O5S/c1-12(5-8(13)14)18(15,16)6-3-7(10)9(17-2)11-4-6/h3-4H,5H2,1-2H3,(H,13,14). The molecule has 100 valence electrons. The number of rotatable bonds is 5. The van der Waals surface area contributed by atoms with Crippen molar-refractivity contribution in [2.45, 2.75) is 4.90 Å². The van der Waals surface area contributed by atoms with Crippen molar-refractivity contribution in [1.29, 1.82) is 0 Å². The molecule has 1 aromatic rings. The summed E-state index contributed by atoms with van der Waals surface area (Å²) in [6.07, 6.45) is 1.05. The molecule has 18 heavy (non-hydrogen) atoms. The first-order chi connectivity index (χ1) is 8.28. The zero-order chi connectivity index (χ0) is 13.9. The summed E-state index contributed by atoms with van der Waals surface area (Å²) in [5.41, 5.74) is 0. The van der Waals surface area contributed by atoms with Crippen LogP contribution in [0.4, 0.5) is 0 Å². The average Bonchev–Trinajstić information content (AvgIpc) is 2.27. The molecule has 0 aliphatic rings. The van der Waals surface area contributed by atoms with Gasteiger partial charge < -0.3 is 9.84 Å². The maximum absolute atomic E-state index is 11.9. The number of likely N-dealkylation sites (N-methyl/N-ethyl adjacent to an activating group) is 1. The minimum Gasteiger partial charge on any atom is -0.480 e. The summed E-state index contributed by atoms with van der Waals surface area (Å²) >= 11 is 5.76. The molecule has 1 aromatic heterocycles. The molecule has 1 heterocycles. The number of ether oxygens (including phenoxy) is 1. The second-order valence-electron chi connectivity index (χ2n) is 3.32. The quantitative estimate of drug-likeness (QED) is 0.847. The van der Waals surface area contributed by atoms with E-state index in [9.17, 15) is 13.2 Å². The lowest BCUT2D eigenvalue weighted by molar-refractivity contribution is -0.137. The maximum atomic E-state index is 11.9. The zero-order valence-electron chi connectivity index (χ0n) is 9.62. The van der Waals surface area contributed by atoms with Gasteiger partial charge in [0.25, 0.3) is 0 Å². The van der Waals surface area contributed by atoms with Crippen LogP contribution in [0.2, 0.25) is 5.02 Å². The van der Waals surface area contributed by atoms with E-state index >= 15 is 0 Å². The van der Waals surface area contributed by atoms with E-state index in [1.54, 1.807) is 0 Å². The number of hydrogen-bond donors (Lipinski definition) is 1. The number of halogens is 1. The van der Waals surface area contributed by atoms with Crippen LogP contribution in [0.1, 0.15) is 0 Å². The zero-order valence-corrected chi connectivity index (χ0v) is 11.2. The smallest absolute Gasteiger partial charge is 0.318 e. The molecule has 0 unspecified atom stereocenters. The summed E-state index contributed by atoms with van der Waals surface area (Å²) in [4.78, 5) is 14.0. The summed E-state index contributed by atoms with van der Waals surface area (Å²) in [7, 11) is -1.43. The normalized spacial score (nSPS) is 11.6. The number of carboxylic acids is 1. The highest BCUT2D eigenvalue weighted by molar-refractivity contribution is 7.89. The summed E-state index contributed by atoms with van der Waals surface area (Å²) < 4.78 is 29.4. The highest BCUT2D eigenvalue weighted by Crippen LogP contribution is 2.25. The fourth-order valence-electron chi connectivity index (χ4n) is 1.15. The molecule has 9 heteroatoms. The van der Waals surface area contributed by atoms with Gasteiger partial charge in [0.05, 0.1) is 13.3 Å². The number of aromatic nitrogens is 1. The van der Waals surface area contributed by atoms with E-state index in [1.807, 2.05) is 0 Å². The Labute approximate surface area is 109 Å². The molecule has 0 atom stereocenters. The summed E-state index contributed by atoms with van der Waals surface area (Å²) in [5, 5.41) is 8.59. The van der Waals surface area contributed by atoms with Crippen molar-refractivity contribution in [1.82, 2.24) is 9.29 Å². The highest BCUT2D eigenvalue weighted by atomic mass is 35.5. The summed E-state index contributed by atoms with van der Waals surface area (Å²) in [5.74, 6) is -1.16. The fourth-order valence-corrected chi connectivity index (χ4v) is 2.56. The van der Waals surface area contributed by atoms with E-state index in [1.165, 1.54) is 7.11 Å². The van der Waals surface area contributed by atoms with Crippen LogP contribution in [-0.2, 0) is 14.8 Å². The van der Waals surface area contributed by atoms with Crippen molar-refractivity contribution in [3.63, 3.8) is 0 Å². The van der Waals surface area contributed by atoms with E-state index < -0.39 is 22.5 Å². The van der Waals surface area contributed by atoms with Crippen molar-refractivity contribution >= 4 is 27.6 Å². The van der Waals surface area contributed by atoms with Crippen molar-refractivity contribution in [2.24, 2.45) is 0 Å². The minimum atomic E-state index is -3.93. The average molecular weight is 295 g/mol. The second-order valence-corrected chi connectivity index (χ2v) is 5.77. The molecule has 0 bridgehead atoms. The summed E-state index contributed by atoms with van der Waals surface area (Å²) in [6.45, 7) is -0.647. The van der Waals surface area contributed by atoms with Gasteiger partial charge in [-0.05, 0) is 6.07 Å². The van der Waals surface area contributed by atoms with Gasteiger partial charge in [0.15, 0.2) is 0 Å². The number of carboxylic acid groups (broad SMARTS) is 1. The van der Waals surface area contributed by atoms with E-state index in [2.05, 4.69) is 4.98 Å². The van der Waals surface area contributed by atoms with Crippen LogP contribution in [0.3, 0.4) is 0 Å². The lowest BCUT2D eigenvalue weighted by atomic mass is 10.5. The van der Waals surface area contributed by atoms with Gasteiger partial charge in [-0.15, -0.1) is 0 Å². The Morgan fingerprint density at radius 1 is 1.61 bits per heavy atom. The molecule has 0 saturated heterocycles. The molecule has 0 saturated carbocycles. The molecule has 0 aliphatic carbocycles. The Hall–Kier alpha value is -1.38. The van der Waals surface area contributed by atoms with Crippen molar-refractivity contribution < 1.29 is 23.1 Å². The molecule has 0 aromatic carbocycles. The third kappa shape index (κ3) is 3.09. The van der Waals surface area contributed by atoms with Crippen LogP contribution >= 0.6 is 11.6 Å². The number of nitrogens with zero attached hydrogens (tertiary/aromatic N) is 2. The van der Waals surface area contributed by atoms with E-state index in [-0.39, 0.29) is 15.8 Å². The second kappa shape index (κ2) is 5.51.